The number of hydrogen-bond acceptors (Lipinski definition) is 32. The number of thiazole rings is 2. The summed E-state index contributed by atoms with van der Waals surface area (Å²) in [6, 6.07) is -5.49. The van der Waals surface area contributed by atoms with E-state index in [1.807, 2.05) is 9.97 Å². The smallest absolute Gasteiger partial charge is 0.372 e. The Morgan fingerprint density at radius 2 is 0.935 bits per heavy atom. The van der Waals surface area contributed by atoms with Gasteiger partial charge in [-0.3, -0.25) is 67.4 Å². The highest BCUT2D eigenvalue weighted by molar-refractivity contribution is 7.14. The molecule has 6 fully saturated rings. The van der Waals surface area contributed by atoms with E-state index in [9.17, 15) is 107 Å². The average Bonchev–Trinajstić information content (AvgIpc) is 1.58. The Hall–Kier alpha value is -11.8. The molecular weight excluding hydrogens is 1280 g/mol. The summed E-state index contributed by atoms with van der Waals surface area (Å²) in [4.78, 5) is 235. The lowest BCUT2D eigenvalue weighted by Crippen LogP contribution is -2.57. The molecule has 8 amide bonds. The van der Waals surface area contributed by atoms with Gasteiger partial charge in [-0.25, -0.2) is 38.7 Å². The molecule has 9 heterocycles. The summed E-state index contributed by atoms with van der Waals surface area (Å²) in [5.74, 6) is -20.3. The molecule has 12 rings (SSSR count). The number of aromatic amines is 2. The molecule has 3 aromatic heterocycles. The molecule has 6 atom stereocenters. The van der Waals surface area contributed by atoms with Crippen molar-refractivity contribution in [1.82, 2.24) is 50.5 Å². The molecule has 2 unspecified atom stereocenters. The van der Waals surface area contributed by atoms with Crippen LogP contribution in [0, 0.1) is 0 Å². The second kappa shape index (κ2) is 22.1. The van der Waals surface area contributed by atoms with Gasteiger partial charge < -0.3 is 81.9 Å². The minimum atomic E-state index is -2.95. The zero-order valence-electron chi connectivity index (χ0n) is 45.5. The number of nitrogens with two attached hydrogens (primary N) is 2. The molecule has 4 saturated heterocycles. The Morgan fingerprint density at radius 1 is 0.576 bits per heavy atom. The van der Waals surface area contributed by atoms with Gasteiger partial charge in [-0.15, -0.1) is 22.7 Å². The number of nitrogens with one attached hydrogen (secondary N) is 4. The number of carboxylic acids is 4. The first-order valence-corrected chi connectivity index (χ1v) is 27.7. The number of hydrogen-bond donors (Lipinski definition) is 12. The number of phenolic OH excluding ortho intramolecular Hbond substituents is 2. The number of carboxylic acid groups (broad SMARTS) is 4. The molecule has 4 aromatic rings. The fourth-order valence-corrected chi connectivity index (χ4v) is 10.8. The predicted octanol–water partition coefficient (Wildman–Crippen LogP) is -5.78. The van der Waals surface area contributed by atoms with Gasteiger partial charge in [-0.1, -0.05) is 10.3 Å². The number of carbonyl (C=O) groups is 14. The molecule has 92 heavy (non-hydrogen) atoms. The number of phenols is 2. The number of amides is 8. The maximum atomic E-state index is 13.4. The SMILES string of the molecule is Nc1nc(/C(=N/OC2(C(=O)O)CC2)C(=O)N[C@H]2CON(C3(C(=O)O)C[C@H](N4C(=O)c5[nH]c(=O)c(=O)[nH]c5C4=O)C(=O)O3)C2=O)cs1.Nc1nc(/C(=N/OC2(C(=O)O)CC2)C(=O)N[C@H]2CON(C3(C(=O)O)C[C@H](N4C(=O)c5cc(O)c(O)cc5C4=O)C(=O)O3)C2=O)cs1. The molecule has 0 bridgehead atoms. The van der Waals surface area contributed by atoms with Crippen molar-refractivity contribution in [3.63, 3.8) is 0 Å². The first kappa shape index (κ1) is 61.8. The summed E-state index contributed by atoms with van der Waals surface area (Å²) in [5, 5.41) is 73.2. The van der Waals surface area contributed by atoms with Crippen LogP contribution < -0.4 is 33.2 Å². The van der Waals surface area contributed by atoms with Gasteiger partial charge >= 0.3 is 58.4 Å². The Morgan fingerprint density at radius 3 is 1.25 bits per heavy atom. The van der Waals surface area contributed by atoms with E-state index in [0.717, 1.165) is 34.8 Å². The Balaban J connectivity index is 0.000000188. The first-order valence-electron chi connectivity index (χ1n) is 26.0. The molecule has 2 aliphatic carbocycles. The molecular formula is C48H38N14O28S2. The summed E-state index contributed by atoms with van der Waals surface area (Å²) in [6.45, 7) is -1.39. The number of rotatable bonds is 18. The number of anilines is 2. The number of aromatic hydroxyl groups is 2. The normalized spacial score (nSPS) is 25.0. The van der Waals surface area contributed by atoms with Crippen LogP contribution >= 0.6 is 22.7 Å². The number of cyclic esters (lactones) is 2. The fourth-order valence-electron chi connectivity index (χ4n) is 9.75. The largest absolute Gasteiger partial charge is 0.504 e. The lowest BCUT2D eigenvalue weighted by atomic mass is 10.0. The van der Waals surface area contributed by atoms with Crippen LogP contribution in [0.3, 0.4) is 0 Å². The quantitative estimate of drug-likeness (QED) is 0.0110. The van der Waals surface area contributed by atoms with Gasteiger partial charge in [0.05, 0.1) is 24.0 Å². The molecule has 1 aromatic carbocycles. The van der Waals surface area contributed by atoms with E-state index >= 15 is 0 Å². The number of nitrogens with zero attached hydrogens (tertiary/aromatic N) is 8. The standard InChI is InChI=1S/C25H20N6O14S.C23H18N8O14S/c26-23-28-11(7-46-23)15(29-45-24(1-2-24)21(39)40)16(34)27-10-6-43-31(19(10)37)25(22(41)42)5-12(20(38)44-25)30-17(35)8-3-13(32)14(33)4-9(8)18(30)36;24-21-26-7(5-46-21)9(29-45-22(1-2-22)19(39)40)12(32)25-6-4-43-31(15(6)35)23(20(41)42)3-8(18(38)44-23)30-16(36)10-11(17(30)37)28-14(34)13(33)27-10/h3-4,7,10,12,32-33H,1-2,5-6H2,(H2,26,28)(H,27,34)(H,39,40)(H,41,42);5-6,8H,1-4H2,(H2,24,26)(H,25,32)(H,27,33)(H,28,34)(H,39,40)(H,41,42)/b29-15-;29-9-/t10-,12-,25?;6-,8-,23?/m00/s1. The summed E-state index contributed by atoms with van der Waals surface area (Å²) in [5.41, 5.74) is -3.90. The molecule has 0 radical (unpaired) electrons. The van der Waals surface area contributed by atoms with Crippen LogP contribution in [0.25, 0.3) is 0 Å². The molecule has 14 N–H and O–H groups in total. The first-order chi connectivity index (χ1) is 43.4. The number of imide groups is 2. The number of aliphatic carboxylic acids is 4. The fraction of sp³-hybridized carbons (Fsp3) is 0.333. The number of H-pyrrole nitrogens is 2. The lowest BCUT2D eigenvalue weighted by Gasteiger charge is -2.30. The molecule has 6 aliphatic heterocycles. The molecule has 44 heteroatoms. The minimum Gasteiger partial charge on any atom is -0.504 e. The third kappa shape index (κ3) is 10.2. The highest BCUT2D eigenvalue weighted by atomic mass is 32.1. The zero-order valence-corrected chi connectivity index (χ0v) is 47.1. The van der Waals surface area contributed by atoms with E-state index in [1.165, 1.54) is 10.8 Å². The molecule has 480 valence electrons. The van der Waals surface area contributed by atoms with Crippen LogP contribution in [0.4, 0.5) is 10.3 Å². The highest BCUT2D eigenvalue weighted by Gasteiger charge is 2.67. The monoisotopic (exact) mass is 1320 g/mol. The number of aromatic nitrogens is 4. The van der Waals surface area contributed by atoms with Gasteiger partial charge in [-0.2, -0.15) is 10.1 Å². The number of carbonyl (C=O) groups excluding carboxylic acids is 10. The summed E-state index contributed by atoms with van der Waals surface area (Å²) in [6.07, 6.45) is -1.59. The highest BCUT2D eigenvalue weighted by Crippen LogP contribution is 2.44. The van der Waals surface area contributed by atoms with E-state index in [1.54, 1.807) is 0 Å². The van der Waals surface area contributed by atoms with Gasteiger partial charge in [-0.05, 0) is 12.1 Å². The Labute approximate surface area is 512 Å². The Kier molecular flexibility index (Phi) is 14.8. The molecule has 42 nitrogen and oxygen atoms in total. The molecule has 2 saturated carbocycles. The molecule has 0 spiro atoms. The van der Waals surface area contributed by atoms with Gasteiger partial charge in [0.1, 0.15) is 60.2 Å². The summed E-state index contributed by atoms with van der Waals surface area (Å²) >= 11 is 1.83. The number of nitrogen functional groups attached to an aromatic ring is 2. The predicted molar refractivity (Wildman–Crippen MR) is 285 cm³/mol. The average molecular weight is 1320 g/mol. The van der Waals surface area contributed by atoms with Crippen molar-refractivity contribution < 1.29 is 127 Å². The summed E-state index contributed by atoms with van der Waals surface area (Å²) in [7, 11) is 0. The van der Waals surface area contributed by atoms with Crippen LogP contribution in [0.2, 0.25) is 0 Å². The van der Waals surface area contributed by atoms with E-state index in [0.29, 0.717) is 4.90 Å². The number of ether oxygens (including phenoxy) is 2. The lowest BCUT2D eigenvalue weighted by molar-refractivity contribution is -0.256. The van der Waals surface area contributed by atoms with Crippen molar-refractivity contribution in [3.8, 4) is 11.5 Å². The molecule has 8 aliphatic rings. The maximum absolute atomic E-state index is 13.4. The van der Waals surface area contributed by atoms with Crippen molar-refractivity contribution in [3.05, 3.63) is 77.5 Å². The van der Waals surface area contributed by atoms with Crippen LogP contribution in [-0.2, 0) is 76.8 Å². The van der Waals surface area contributed by atoms with Gasteiger partial charge in [0.25, 0.3) is 47.3 Å². The van der Waals surface area contributed by atoms with Crippen molar-refractivity contribution >= 4 is 127 Å². The third-order valence-electron chi connectivity index (χ3n) is 14.9. The number of benzene rings is 1. The van der Waals surface area contributed by atoms with Crippen LogP contribution in [0.5, 0.6) is 11.5 Å². The maximum Gasteiger partial charge on any atom is 0.372 e. The van der Waals surface area contributed by atoms with Crippen molar-refractivity contribution in [2.75, 3.05) is 24.7 Å². The third-order valence-corrected chi connectivity index (χ3v) is 16.2. The number of oxime groups is 2. The van der Waals surface area contributed by atoms with E-state index in [2.05, 4.69) is 30.9 Å². The Bertz CT molecular complexity index is 4170. The number of esters is 2. The van der Waals surface area contributed by atoms with E-state index in [-0.39, 0.29) is 73.5 Å². The van der Waals surface area contributed by atoms with Crippen molar-refractivity contribution in [2.24, 2.45) is 10.3 Å². The van der Waals surface area contributed by atoms with Crippen molar-refractivity contribution in [2.45, 2.75) is 85.3 Å². The van der Waals surface area contributed by atoms with Crippen LogP contribution in [0.1, 0.15) is 91.6 Å². The second-order valence-electron chi connectivity index (χ2n) is 20.7. The topological polar surface area (TPSA) is 621 Å². The summed E-state index contributed by atoms with van der Waals surface area (Å²) < 4.78 is 10.1. The van der Waals surface area contributed by atoms with Crippen LogP contribution in [-0.4, -0.2) is 225 Å². The number of hydroxylamine groups is 4. The second-order valence-corrected chi connectivity index (χ2v) is 22.5. The van der Waals surface area contributed by atoms with E-state index in [4.69, 9.17) is 40.3 Å². The van der Waals surface area contributed by atoms with Gasteiger partial charge in [0, 0.05) is 36.4 Å². The van der Waals surface area contributed by atoms with E-state index < -0.39 is 201 Å². The van der Waals surface area contributed by atoms with Crippen LogP contribution in [0.15, 0.2) is 42.8 Å². The number of fused-ring (bicyclic) bond motifs is 2. The zero-order chi connectivity index (χ0) is 66.6. The van der Waals surface area contributed by atoms with Gasteiger partial charge in [0.2, 0.25) is 11.2 Å². The van der Waals surface area contributed by atoms with Crippen molar-refractivity contribution in [1.29, 1.82) is 0 Å². The minimum absolute atomic E-state index is 0.0121. The van der Waals surface area contributed by atoms with Gasteiger partial charge in [0.15, 0.2) is 33.2 Å².